The fourth-order valence-electron chi connectivity index (χ4n) is 2.15. The van der Waals surface area contributed by atoms with Crippen molar-refractivity contribution in [2.45, 2.75) is 31.7 Å². The van der Waals surface area contributed by atoms with E-state index in [0.29, 0.717) is 11.5 Å². The Hall–Kier alpha value is -0.0800. The lowest BCUT2D eigenvalue weighted by molar-refractivity contribution is -0.133. The van der Waals surface area contributed by atoms with Crippen molar-refractivity contribution >= 4 is 0 Å². The van der Waals surface area contributed by atoms with Gasteiger partial charge in [0.2, 0.25) is 0 Å². The molecule has 1 aliphatic carbocycles. The van der Waals surface area contributed by atoms with Crippen molar-refractivity contribution in [3.8, 4) is 0 Å². The van der Waals surface area contributed by atoms with E-state index in [-0.39, 0.29) is 0 Å². The number of rotatable bonds is 0. The van der Waals surface area contributed by atoms with Crippen LogP contribution in [-0.2, 0) is 4.74 Å². The molecule has 10 heavy (non-hydrogen) atoms. The van der Waals surface area contributed by atoms with Gasteiger partial charge in [0.25, 0.3) is 0 Å². The Bertz CT molecular complexity index is 131. The molecule has 1 saturated carbocycles. The highest BCUT2D eigenvalue weighted by Gasteiger charge is 2.41. The van der Waals surface area contributed by atoms with Crippen LogP contribution < -0.4 is 5.73 Å². The molecule has 2 fully saturated rings. The third-order valence-corrected chi connectivity index (χ3v) is 2.79. The average Bonchev–Trinajstić information content (AvgIpc) is 1.85. The van der Waals surface area contributed by atoms with E-state index < -0.39 is 0 Å². The van der Waals surface area contributed by atoms with Crippen LogP contribution in [-0.4, -0.2) is 19.3 Å². The monoisotopic (exact) mass is 141 g/mol. The molecule has 58 valence electrons. The zero-order chi connectivity index (χ0) is 7.03. The van der Waals surface area contributed by atoms with Gasteiger partial charge in [-0.05, 0) is 19.3 Å². The molecule has 0 bridgehead atoms. The van der Waals surface area contributed by atoms with Gasteiger partial charge in [-0.1, -0.05) is 6.42 Å². The maximum absolute atomic E-state index is 5.86. The minimum Gasteiger partial charge on any atom is -0.380 e. The van der Waals surface area contributed by atoms with Gasteiger partial charge in [0.05, 0.1) is 13.2 Å². The quantitative estimate of drug-likeness (QED) is 0.544. The van der Waals surface area contributed by atoms with Crippen molar-refractivity contribution in [3.05, 3.63) is 0 Å². The molecule has 0 radical (unpaired) electrons. The van der Waals surface area contributed by atoms with Crippen LogP contribution >= 0.6 is 0 Å². The zero-order valence-corrected chi connectivity index (χ0v) is 6.31. The highest BCUT2D eigenvalue weighted by molar-refractivity contribution is 4.92. The highest BCUT2D eigenvalue weighted by atomic mass is 16.5. The summed E-state index contributed by atoms with van der Waals surface area (Å²) in [4.78, 5) is 0. The molecule has 1 spiro atoms. The molecular weight excluding hydrogens is 126 g/mol. The first-order chi connectivity index (χ1) is 4.81. The molecule has 1 saturated heterocycles. The van der Waals surface area contributed by atoms with Gasteiger partial charge in [-0.2, -0.15) is 0 Å². The zero-order valence-electron chi connectivity index (χ0n) is 6.31. The van der Waals surface area contributed by atoms with Gasteiger partial charge >= 0.3 is 0 Å². The SMILES string of the molecule is NC1CCCC2(COC2)C1. The van der Waals surface area contributed by atoms with E-state index in [0.717, 1.165) is 13.2 Å². The van der Waals surface area contributed by atoms with Crippen molar-refractivity contribution in [2.24, 2.45) is 11.1 Å². The molecule has 1 aliphatic heterocycles. The molecule has 0 aromatic rings. The predicted molar refractivity (Wildman–Crippen MR) is 39.7 cm³/mol. The van der Waals surface area contributed by atoms with Gasteiger partial charge in [-0.15, -0.1) is 0 Å². The summed E-state index contributed by atoms with van der Waals surface area (Å²) >= 11 is 0. The summed E-state index contributed by atoms with van der Waals surface area (Å²) in [5.41, 5.74) is 6.39. The molecule has 2 aliphatic rings. The first-order valence-corrected chi connectivity index (χ1v) is 4.14. The van der Waals surface area contributed by atoms with Crippen LogP contribution in [0, 0.1) is 5.41 Å². The predicted octanol–water partition coefficient (Wildman–Crippen LogP) is 0.904. The smallest absolute Gasteiger partial charge is 0.0545 e. The molecule has 2 N–H and O–H groups in total. The molecular formula is C8H15NO. The number of nitrogens with two attached hydrogens (primary N) is 1. The Balaban J connectivity index is 1.96. The summed E-state index contributed by atoms with van der Waals surface area (Å²) in [7, 11) is 0. The summed E-state index contributed by atoms with van der Waals surface area (Å²) in [5, 5.41) is 0. The van der Waals surface area contributed by atoms with Gasteiger partial charge in [0.1, 0.15) is 0 Å². The Labute approximate surface area is 61.7 Å². The fraction of sp³-hybridized carbons (Fsp3) is 1.00. The second-order valence-electron chi connectivity index (χ2n) is 3.85. The molecule has 2 rings (SSSR count). The van der Waals surface area contributed by atoms with Gasteiger partial charge in [0, 0.05) is 11.5 Å². The van der Waals surface area contributed by atoms with Crippen molar-refractivity contribution in [2.75, 3.05) is 13.2 Å². The standard InChI is InChI=1S/C8H15NO/c9-7-2-1-3-8(4-7)5-10-6-8/h7H,1-6,9H2. The average molecular weight is 141 g/mol. The number of hydrogen-bond donors (Lipinski definition) is 1. The van der Waals surface area contributed by atoms with Crippen LogP contribution in [0.3, 0.4) is 0 Å². The normalized spacial score (nSPS) is 37.5. The first kappa shape index (κ1) is 6.62. The molecule has 1 unspecified atom stereocenters. The first-order valence-electron chi connectivity index (χ1n) is 4.14. The van der Waals surface area contributed by atoms with Gasteiger partial charge in [-0.25, -0.2) is 0 Å². The van der Waals surface area contributed by atoms with E-state index in [9.17, 15) is 0 Å². The third-order valence-electron chi connectivity index (χ3n) is 2.79. The van der Waals surface area contributed by atoms with E-state index in [1.807, 2.05) is 0 Å². The minimum atomic E-state index is 0.456. The van der Waals surface area contributed by atoms with Crippen LogP contribution in [0.5, 0.6) is 0 Å². The molecule has 2 nitrogen and oxygen atoms in total. The maximum Gasteiger partial charge on any atom is 0.0545 e. The molecule has 0 aromatic heterocycles. The summed E-state index contributed by atoms with van der Waals surface area (Å²) in [6.07, 6.45) is 5.08. The van der Waals surface area contributed by atoms with Gasteiger partial charge in [-0.3, -0.25) is 0 Å². The maximum atomic E-state index is 5.86. The third kappa shape index (κ3) is 0.956. The summed E-state index contributed by atoms with van der Waals surface area (Å²) in [5.74, 6) is 0. The van der Waals surface area contributed by atoms with E-state index in [2.05, 4.69) is 0 Å². The molecule has 1 heterocycles. The van der Waals surface area contributed by atoms with Crippen molar-refractivity contribution in [1.29, 1.82) is 0 Å². The van der Waals surface area contributed by atoms with Gasteiger partial charge in [0.15, 0.2) is 0 Å². The molecule has 0 aromatic carbocycles. The second kappa shape index (κ2) is 2.21. The number of hydrogen-bond acceptors (Lipinski definition) is 2. The largest absolute Gasteiger partial charge is 0.380 e. The fourth-order valence-corrected chi connectivity index (χ4v) is 2.15. The summed E-state index contributed by atoms with van der Waals surface area (Å²) in [6, 6.07) is 0.456. The Morgan fingerprint density at radius 3 is 2.60 bits per heavy atom. The molecule has 1 atom stereocenters. The minimum absolute atomic E-state index is 0.456. The van der Waals surface area contributed by atoms with Gasteiger partial charge < -0.3 is 10.5 Å². The van der Waals surface area contributed by atoms with E-state index in [4.69, 9.17) is 10.5 Å². The van der Waals surface area contributed by atoms with Crippen LogP contribution in [0.2, 0.25) is 0 Å². The van der Waals surface area contributed by atoms with Crippen LogP contribution in [0.1, 0.15) is 25.7 Å². The highest BCUT2D eigenvalue weighted by Crippen LogP contribution is 2.41. The second-order valence-corrected chi connectivity index (χ2v) is 3.85. The lowest BCUT2D eigenvalue weighted by Crippen LogP contribution is -2.48. The lowest BCUT2D eigenvalue weighted by atomic mass is 9.71. The van der Waals surface area contributed by atoms with E-state index in [1.165, 1.54) is 25.7 Å². The topological polar surface area (TPSA) is 35.2 Å². The van der Waals surface area contributed by atoms with E-state index in [1.54, 1.807) is 0 Å². The Morgan fingerprint density at radius 1 is 1.40 bits per heavy atom. The Morgan fingerprint density at radius 2 is 2.20 bits per heavy atom. The molecule has 2 heteroatoms. The van der Waals surface area contributed by atoms with Crippen LogP contribution in [0.15, 0.2) is 0 Å². The number of ether oxygens (including phenoxy) is 1. The summed E-state index contributed by atoms with van der Waals surface area (Å²) in [6.45, 7) is 1.95. The molecule has 0 amide bonds. The van der Waals surface area contributed by atoms with Crippen molar-refractivity contribution in [3.63, 3.8) is 0 Å². The summed E-state index contributed by atoms with van der Waals surface area (Å²) < 4.78 is 5.21. The van der Waals surface area contributed by atoms with Crippen LogP contribution in [0.25, 0.3) is 0 Å². The lowest BCUT2D eigenvalue weighted by Gasteiger charge is -2.46. The van der Waals surface area contributed by atoms with Crippen molar-refractivity contribution in [1.82, 2.24) is 0 Å². The van der Waals surface area contributed by atoms with E-state index >= 15 is 0 Å². The van der Waals surface area contributed by atoms with Crippen molar-refractivity contribution < 1.29 is 4.74 Å². The van der Waals surface area contributed by atoms with Crippen LogP contribution in [0.4, 0.5) is 0 Å². The Kier molecular flexibility index (Phi) is 1.46.